The quantitative estimate of drug-likeness (QED) is 0.530. The van der Waals surface area contributed by atoms with Crippen LogP contribution in [0.4, 0.5) is 5.69 Å². The number of H-pyrrole nitrogens is 1. The van der Waals surface area contributed by atoms with Gasteiger partial charge in [0.1, 0.15) is 0 Å². The predicted octanol–water partition coefficient (Wildman–Crippen LogP) is 4.16. The monoisotopic (exact) mass is 481 g/mol. The number of halogens is 1. The zero-order chi connectivity index (χ0) is 23.3. The first-order chi connectivity index (χ1) is 16.7. The highest BCUT2D eigenvalue weighted by Crippen LogP contribution is 2.29. The average Bonchev–Trinajstić information content (AvgIpc) is 3.33. The van der Waals surface area contributed by atoms with Crippen molar-refractivity contribution < 1.29 is 9.53 Å². The van der Waals surface area contributed by atoms with Crippen LogP contribution in [0.1, 0.15) is 24.8 Å². The number of amides is 1. The summed E-state index contributed by atoms with van der Waals surface area (Å²) in [5.74, 6) is 0.489. The zero-order valence-electron chi connectivity index (χ0n) is 19.4. The minimum atomic E-state index is 0.0619. The molecule has 0 saturated carbocycles. The van der Waals surface area contributed by atoms with Crippen LogP contribution >= 0.6 is 11.6 Å². The van der Waals surface area contributed by atoms with Gasteiger partial charge in [-0.1, -0.05) is 29.8 Å². The zero-order valence-corrected chi connectivity index (χ0v) is 20.1. The maximum atomic E-state index is 12.8. The van der Waals surface area contributed by atoms with Gasteiger partial charge >= 0.3 is 0 Å². The second-order valence-corrected chi connectivity index (χ2v) is 9.76. The number of aromatic nitrogens is 2. The molecule has 3 aromatic rings. The van der Waals surface area contributed by atoms with Crippen molar-refractivity contribution in [1.82, 2.24) is 20.0 Å². The second-order valence-electron chi connectivity index (χ2n) is 9.35. The number of morpholine rings is 1. The molecular weight excluding hydrogens is 450 g/mol. The molecule has 8 heteroatoms. The van der Waals surface area contributed by atoms with Crippen molar-refractivity contribution in [3.05, 3.63) is 59.2 Å². The number of aromatic amines is 1. The third kappa shape index (κ3) is 5.61. The summed E-state index contributed by atoms with van der Waals surface area (Å²) in [4.78, 5) is 17.9. The summed E-state index contributed by atoms with van der Waals surface area (Å²) in [5, 5.41) is 11.9. The SMILES string of the molecule is O=C(CC[C@@H]1CN(Cc2ccccc2Cl)CC[C@@H]1N1CCOCC1)Nc1ccc2[nH]ncc2c1. The van der Waals surface area contributed by atoms with E-state index in [0.29, 0.717) is 18.4 Å². The molecule has 2 atom stereocenters. The largest absolute Gasteiger partial charge is 0.379 e. The number of fused-ring (bicyclic) bond motifs is 1. The van der Waals surface area contributed by atoms with E-state index >= 15 is 0 Å². The van der Waals surface area contributed by atoms with Gasteiger partial charge < -0.3 is 10.1 Å². The predicted molar refractivity (Wildman–Crippen MR) is 135 cm³/mol. The standard InChI is InChI=1S/C26H32ClN5O2/c27-23-4-2-1-3-19(23)17-31-10-9-25(32-11-13-34-14-12-32)20(18-31)5-8-26(33)29-22-6-7-24-21(15-22)16-28-30-24/h1-4,6-7,15-16,20,25H,5,8-14,17-18H2,(H,28,30)(H,29,33)/t20-,25+/m1/s1. The van der Waals surface area contributed by atoms with Gasteiger partial charge in [0.25, 0.3) is 0 Å². The summed E-state index contributed by atoms with van der Waals surface area (Å²) in [6, 6.07) is 14.4. The van der Waals surface area contributed by atoms with Gasteiger partial charge in [0.05, 0.1) is 24.9 Å². The van der Waals surface area contributed by atoms with Crippen LogP contribution in [0.2, 0.25) is 5.02 Å². The fraction of sp³-hybridized carbons (Fsp3) is 0.462. The molecule has 0 radical (unpaired) electrons. The van der Waals surface area contributed by atoms with E-state index in [1.165, 1.54) is 5.56 Å². The van der Waals surface area contributed by atoms with E-state index in [1.54, 1.807) is 6.20 Å². The van der Waals surface area contributed by atoms with Crippen LogP contribution in [-0.2, 0) is 16.1 Å². The van der Waals surface area contributed by atoms with E-state index in [-0.39, 0.29) is 5.91 Å². The number of anilines is 1. The highest BCUT2D eigenvalue weighted by molar-refractivity contribution is 6.31. The van der Waals surface area contributed by atoms with Gasteiger partial charge in [0.15, 0.2) is 0 Å². The van der Waals surface area contributed by atoms with Crippen LogP contribution in [0, 0.1) is 5.92 Å². The summed E-state index contributed by atoms with van der Waals surface area (Å²) in [5.41, 5.74) is 2.94. The number of carbonyl (C=O) groups is 1. The lowest BCUT2D eigenvalue weighted by Gasteiger charge is -2.45. The lowest BCUT2D eigenvalue weighted by Crippen LogP contribution is -2.53. The molecule has 2 fully saturated rings. The fourth-order valence-corrected chi connectivity index (χ4v) is 5.54. The molecule has 0 spiro atoms. The molecule has 2 aliphatic heterocycles. The van der Waals surface area contributed by atoms with Crippen molar-refractivity contribution in [3.63, 3.8) is 0 Å². The molecule has 0 bridgehead atoms. The molecule has 2 aromatic carbocycles. The minimum Gasteiger partial charge on any atom is -0.379 e. The van der Waals surface area contributed by atoms with Crippen LogP contribution in [0.5, 0.6) is 0 Å². The van der Waals surface area contributed by atoms with Gasteiger partial charge in [-0.25, -0.2) is 0 Å². The molecule has 1 amide bonds. The number of likely N-dealkylation sites (tertiary alicyclic amines) is 1. The van der Waals surface area contributed by atoms with Gasteiger partial charge in [-0.05, 0) is 55.1 Å². The number of hydrogen-bond acceptors (Lipinski definition) is 5. The Morgan fingerprint density at radius 1 is 1.18 bits per heavy atom. The number of hydrogen-bond donors (Lipinski definition) is 2. The van der Waals surface area contributed by atoms with Crippen molar-refractivity contribution in [2.75, 3.05) is 44.7 Å². The lowest BCUT2D eigenvalue weighted by molar-refractivity contribution is -0.116. The van der Waals surface area contributed by atoms with Crippen molar-refractivity contribution in [3.8, 4) is 0 Å². The van der Waals surface area contributed by atoms with Crippen LogP contribution in [0.25, 0.3) is 10.9 Å². The van der Waals surface area contributed by atoms with Crippen molar-refractivity contribution >= 4 is 34.1 Å². The Labute approximate surface area is 205 Å². The lowest BCUT2D eigenvalue weighted by atomic mass is 9.86. The van der Waals surface area contributed by atoms with Crippen LogP contribution in [0.15, 0.2) is 48.7 Å². The minimum absolute atomic E-state index is 0.0619. The first-order valence-electron chi connectivity index (χ1n) is 12.2. The maximum Gasteiger partial charge on any atom is 0.224 e. The maximum absolute atomic E-state index is 12.8. The van der Waals surface area contributed by atoms with E-state index < -0.39 is 0 Å². The summed E-state index contributed by atoms with van der Waals surface area (Å²) in [6.45, 7) is 6.41. The first-order valence-corrected chi connectivity index (χ1v) is 12.5. The van der Waals surface area contributed by atoms with E-state index in [1.807, 2.05) is 36.4 Å². The molecule has 3 heterocycles. The number of rotatable bonds is 7. The van der Waals surface area contributed by atoms with Crippen molar-refractivity contribution in [1.29, 1.82) is 0 Å². The smallest absolute Gasteiger partial charge is 0.224 e. The number of ether oxygens (including phenoxy) is 1. The number of benzene rings is 2. The molecule has 1 aromatic heterocycles. The Morgan fingerprint density at radius 2 is 2.03 bits per heavy atom. The number of nitrogens with one attached hydrogen (secondary N) is 2. The van der Waals surface area contributed by atoms with Crippen LogP contribution < -0.4 is 5.32 Å². The van der Waals surface area contributed by atoms with Gasteiger partial charge in [-0.15, -0.1) is 0 Å². The van der Waals surface area contributed by atoms with E-state index in [4.69, 9.17) is 16.3 Å². The van der Waals surface area contributed by atoms with Gasteiger partial charge in [-0.2, -0.15) is 5.10 Å². The molecule has 2 saturated heterocycles. The Hall–Kier alpha value is -2.45. The van der Waals surface area contributed by atoms with Crippen molar-refractivity contribution in [2.24, 2.45) is 5.92 Å². The van der Waals surface area contributed by atoms with Crippen LogP contribution in [-0.4, -0.2) is 71.3 Å². The average molecular weight is 482 g/mol. The molecule has 0 aliphatic carbocycles. The topological polar surface area (TPSA) is 73.5 Å². The van der Waals surface area contributed by atoms with Crippen molar-refractivity contribution in [2.45, 2.75) is 31.8 Å². The molecule has 0 unspecified atom stereocenters. The molecule has 2 N–H and O–H groups in total. The normalized spacial score (nSPS) is 22.1. The fourth-order valence-electron chi connectivity index (χ4n) is 5.34. The number of nitrogens with zero attached hydrogens (tertiary/aromatic N) is 3. The second kappa shape index (κ2) is 10.9. The Bertz CT molecular complexity index is 1110. The number of carbonyl (C=O) groups excluding carboxylic acids is 1. The molecule has 5 rings (SSSR count). The third-order valence-electron chi connectivity index (χ3n) is 7.11. The van der Waals surface area contributed by atoms with Gasteiger partial charge in [-0.3, -0.25) is 19.7 Å². The first kappa shape index (κ1) is 23.3. The molecule has 180 valence electrons. The summed E-state index contributed by atoms with van der Waals surface area (Å²) < 4.78 is 5.59. The Kier molecular flexibility index (Phi) is 7.45. The summed E-state index contributed by atoms with van der Waals surface area (Å²) in [6.07, 6.45) is 4.25. The van der Waals surface area contributed by atoms with E-state index in [0.717, 1.165) is 80.4 Å². The van der Waals surface area contributed by atoms with E-state index in [9.17, 15) is 4.79 Å². The number of piperidine rings is 1. The molecular formula is C26H32ClN5O2. The molecule has 7 nitrogen and oxygen atoms in total. The van der Waals surface area contributed by atoms with Gasteiger partial charge in [0, 0.05) is 54.7 Å². The Morgan fingerprint density at radius 3 is 2.88 bits per heavy atom. The highest BCUT2D eigenvalue weighted by Gasteiger charge is 2.34. The summed E-state index contributed by atoms with van der Waals surface area (Å²) >= 11 is 6.43. The highest BCUT2D eigenvalue weighted by atomic mass is 35.5. The van der Waals surface area contributed by atoms with Crippen LogP contribution in [0.3, 0.4) is 0 Å². The molecule has 2 aliphatic rings. The summed E-state index contributed by atoms with van der Waals surface area (Å²) in [7, 11) is 0. The van der Waals surface area contributed by atoms with Gasteiger partial charge in [0.2, 0.25) is 5.91 Å². The Balaban J connectivity index is 1.22. The third-order valence-corrected chi connectivity index (χ3v) is 7.48. The molecule has 34 heavy (non-hydrogen) atoms. The van der Waals surface area contributed by atoms with E-state index in [2.05, 4.69) is 31.4 Å².